The van der Waals surface area contributed by atoms with E-state index < -0.39 is 11.4 Å². The van der Waals surface area contributed by atoms with Gasteiger partial charge in [-0.05, 0) is 19.1 Å². The summed E-state index contributed by atoms with van der Waals surface area (Å²) in [6, 6.07) is 7.74. The maximum atomic E-state index is 12.7. The first-order chi connectivity index (χ1) is 13.8. The van der Waals surface area contributed by atoms with Crippen LogP contribution in [0.25, 0.3) is 11.3 Å². The molecule has 0 atom stereocenters. The summed E-state index contributed by atoms with van der Waals surface area (Å²) in [7, 11) is 1.50. The molecule has 0 bridgehead atoms. The van der Waals surface area contributed by atoms with E-state index in [4.69, 9.17) is 27.9 Å². The highest BCUT2D eigenvalue weighted by molar-refractivity contribution is 6.42. The fourth-order valence-electron chi connectivity index (χ4n) is 3.13. The molecule has 0 fully saturated rings. The molecule has 0 amide bonds. The zero-order chi connectivity index (χ0) is 21.1. The predicted octanol–water partition coefficient (Wildman–Crippen LogP) is 3.93. The molecule has 29 heavy (non-hydrogen) atoms. The molecule has 0 saturated heterocycles. The van der Waals surface area contributed by atoms with Gasteiger partial charge in [0.15, 0.2) is 5.43 Å². The average Bonchev–Trinajstić information content (AvgIpc) is 2.69. The Morgan fingerprint density at radius 2 is 1.93 bits per heavy atom. The third-order valence-corrected chi connectivity index (χ3v) is 5.13. The number of carboxylic acids is 1. The van der Waals surface area contributed by atoms with Crippen molar-refractivity contribution in [1.29, 1.82) is 0 Å². The summed E-state index contributed by atoms with van der Waals surface area (Å²) in [6.07, 6.45) is 1.66. The van der Waals surface area contributed by atoms with Gasteiger partial charge in [-0.25, -0.2) is 14.8 Å². The maximum absolute atomic E-state index is 12.7. The van der Waals surface area contributed by atoms with E-state index in [1.54, 1.807) is 28.8 Å². The molecule has 0 aliphatic carbocycles. The Morgan fingerprint density at radius 3 is 2.55 bits per heavy atom. The normalized spacial score (nSPS) is 10.8. The number of halogens is 2. The number of pyridine rings is 1. The van der Waals surface area contributed by atoms with Crippen LogP contribution in [0.2, 0.25) is 10.0 Å². The smallest absolute Gasteiger partial charge is 0.341 e. The van der Waals surface area contributed by atoms with Gasteiger partial charge < -0.3 is 14.4 Å². The number of methoxy groups -OCH3 is 1. The molecule has 2 aromatic heterocycles. The fourth-order valence-corrected chi connectivity index (χ4v) is 3.42. The van der Waals surface area contributed by atoms with E-state index in [9.17, 15) is 14.7 Å². The van der Waals surface area contributed by atoms with Gasteiger partial charge in [-0.2, -0.15) is 0 Å². The lowest BCUT2D eigenvalue weighted by Crippen LogP contribution is -2.23. The Balaban J connectivity index is 2.25. The highest BCUT2D eigenvalue weighted by Gasteiger charge is 2.22. The number of ether oxygens (including phenoxy) is 1. The van der Waals surface area contributed by atoms with Crippen LogP contribution in [-0.4, -0.2) is 32.7 Å². The van der Waals surface area contributed by atoms with Crippen molar-refractivity contribution in [2.24, 2.45) is 0 Å². The average molecular weight is 434 g/mol. The van der Waals surface area contributed by atoms with Gasteiger partial charge in [0.05, 0.1) is 28.5 Å². The topological polar surface area (TPSA) is 94.3 Å². The van der Waals surface area contributed by atoms with Crippen molar-refractivity contribution in [1.82, 2.24) is 14.5 Å². The van der Waals surface area contributed by atoms with Gasteiger partial charge in [-0.15, -0.1) is 0 Å². The Morgan fingerprint density at radius 1 is 1.17 bits per heavy atom. The second kappa shape index (κ2) is 8.63. The number of carbonyl (C=O) groups is 1. The number of rotatable bonds is 6. The van der Waals surface area contributed by atoms with Gasteiger partial charge in [-0.1, -0.05) is 29.3 Å². The second-order valence-corrected chi connectivity index (χ2v) is 6.94. The number of hydrogen-bond donors (Lipinski definition) is 1. The number of benzene rings is 1. The van der Waals surface area contributed by atoms with Crippen molar-refractivity contribution < 1.29 is 14.6 Å². The van der Waals surface area contributed by atoms with E-state index in [1.165, 1.54) is 19.5 Å². The molecule has 0 unspecified atom stereocenters. The summed E-state index contributed by atoms with van der Waals surface area (Å²) < 4.78 is 6.88. The third kappa shape index (κ3) is 4.26. The van der Waals surface area contributed by atoms with Crippen molar-refractivity contribution in [2.45, 2.75) is 19.9 Å². The first kappa shape index (κ1) is 20.8. The number of hydrogen-bond acceptors (Lipinski definition) is 5. The summed E-state index contributed by atoms with van der Waals surface area (Å²) in [5.74, 6) is -0.916. The Kier molecular flexibility index (Phi) is 6.20. The van der Waals surface area contributed by atoms with Crippen LogP contribution in [0.3, 0.4) is 0 Å². The van der Waals surface area contributed by atoms with Crippen LogP contribution in [0.1, 0.15) is 28.7 Å². The molecule has 9 heteroatoms. The number of carboxylic acid groups (broad SMARTS) is 1. The number of aromatic carboxylic acids is 1. The summed E-state index contributed by atoms with van der Waals surface area (Å²) in [5.41, 5.74) is 1.06. The summed E-state index contributed by atoms with van der Waals surface area (Å²) in [5, 5.41) is 10.3. The van der Waals surface area contributed by atoms with E-state index in [-0.39, 0.29) is 22.7 Å². The Hall–Kier alpha value is -2.90. The summed E-state index contributed by atoms with van der Waals surface area (Å²) >= 11 is 12.1. The lowest BCUT2D eigenvalue weighted by molar-refractivity contribution is 0.0695. The van der Waals surface area contributed by atoms with Gasteiger partial charge in [0.2, 0.25) is 5.88 Å². The molecular weight excluding hydrogens is 417 g/mol. The van der Waals surface area contributed by atoms with Crippen LogP contribution in [0, 0.1) is 0 Å². The van der Waals surface area contributed by atoms with E-state index >= 15 is 0 Å². The van der Waals surface area contributed by atoms with Crippen molar-refractivity contribution in [2.75, 3.05) is 7.11 Å². The highest BCUT2D eigenvalue weighted by Crippen LogP contribution is 2.31. The van der Waals surface area contributed by atoms with Crippen LogP contribution >= 0.6 is 23.2 Å². The van der Waals surface area contributed by atoms with Crippen molar-refractivity contribution in [3.05, 3.63) is 73.9 Å². The molecule has 1 aromatic carbocycles. The second-order valence-electron chi connectivity index (χ2n) is 6.13. The number of nitrogens with zero attached hydrogens (tertiary/aromatic N) is 3. The molecule has 3 rings (SSSR count). The predicted molar refractivity (Wildman–Crippen MR) is 110 cm³/mol. The van der Waals surface area contributed by atoms with Crippen LogP contribution in [-0.2, 0) is 13.0 Å². The zero-order valence-corrected chi connectivity index (χ0v) is 17.2. The van der Waals surface area contributed by atoms with Crippen molar-refractivity contribution >= 4 is 29.2 Å². The lowest BCUT2D eigenvalue weighted by atomic mass is 10.0. The fraction of sp³-hybridized carbons (Fsp3) is 0.200. The minimum atomic E-state index is -1.31. The maximum Gasteiger partial charge on any atom is 0.341 e. The third-order valence-electron chi connectivity index (χ3n) is 4.39. The van der Waals surface area contributed by atoms with Crippen LogP contribution in [0.15, 0.2) is 41.5 Å². The molecule has 0 spiro atoms. The van der Waals surface area contributed by atoms with E-state index in [2.05, 4.69) is 9.97 Å². The zero-order valence-electron chi connectivity index (χ0n) is 15.6. The Labute approximate surface area is 176 Å². The standard InChI is InChI=1S/C20H17Cl2N3O4/c1-3-25-13(7-12-8-17(29-2)24-10-23-12)9-16(26)18(20(27)28)19(25)11-4-5-14(21)15(22)6-11/h4-6,8-10H,3,7H2,1-2H3,(H,27,28). The monoisotopic (exact) mass is 433 g/mol. The quantitative estimate of drug-likeness (QED) is 0.632. The van der Waals surface area contributed by atoms with Gasteiger partial charge in [-0.3, -0.25) is 4.79 Å². The minimum absolute atomic E-state index is 0.265. The molecule has 2 heterocycles. The number of aromatic nitrogens is 3. The molecule has 3 aromatic rings. The van der Waals surface area contributed by atoms with Crippen LogP contribution < -0.4 is 10.2 Å². The van der Waals surface area contributed by atoms with E-state index in [1.807, 2.05) is 6.92 Å². The van der Waals surface area contributed by atoms with Gasteiger partial charge in [0.25, 0.3) is 0 Å². The molecule has 7 nitrogen and oxygen atoms in total. The SMILES string of the molecule is CCn1c(Cc2cc(OC)ncn2)cc(=O)c(C(=O)O)c1-c1ccc(Cl)c(Cl)c1. The Bertz CT molecular complexity index is 1150. The van der Waals surface area contributed by atoms with Gasteiger partial charge >= 0.3 is 5.97 Å². The van der Waals surface area contributed by atoms with Crippen LogP contribution in [0.5, 0.6) is 5.88 Å². The molecule has 0 aliphatic heterocycles. The molecular formula is C20H17Cl2N3O4. The molecule has 0 saturated carbocycles. The highest BCUT2D eigenvalue weighted by atomic mass is 35.5. The van der Waals surface area contributed by atoms with Gasteiger partial charge in [0.1, 0.15) is 11.9 Å². The van der Waals surface area contributed by atoms with Gasteiger partial charge in [0, 0.05) is 36.4 Å². The van der Waals surface area contributed by atoms with E-state index in [0.29, 0.717) is 34.4 Å². The summed E-state index contributed by atoms with van der Waals surface area (Å²) in [4.78, 5) is 32.8. The largest absolute Gasteiger partial charge is 0.481 e. The molecule has 1 N–H and O–H groups in total. The summed E-state index contributed by atoms with van der Waals surface area (Å²) in [6.45, 7) is 2.29. The van der Waals surface area contributed by atoms with Crippen molar-refractivity contribution in [3.8, 4) is 17.1 Å². The first-order valence-corrected chi connectivity index (χ1v) is 9.41. The van der Waals surface area contributed by atoms with Crippen LogP contribution in [0.4, 0.5) is 0 Å². The van der Waals surface area contributed by atoms with E-state index in [0.717, 1.165) is 0 Å². The first-order valence-electron chi connectivity index (χ1n) is 8.66. The molecule has 0 radical (unpaired) electrons. The molecule has 0 aliphatic rings. The minimum Gasteiger partial charge on any atom is -0.481 e. The van der Waals surface area contributed by atoms with Crippen molar-refractivity contribution in [3.63, 3.8) is 0 Å². The lowest BCUT2D eigenvalue weighted by Gasteiger charge is -2.20. The molecule has 150 valence electrons.